The molecule has 1 aromatic carbocycles. The Morgan fingerprint density at radius 2 is 1.81 bits per heavy atom. The molecule has 0 unspecified atom stereocenters. The molecule has 0 saturated carbocycles. The van der Waals surface area contributed by atoms with Crippen LogP contribution in [0.3, 0.4) is 0 Å². The number of hydrogen-bond donors (Lipinski definition) is 0. The van der Waals surface area contributed by atoms with E-state index in [1.54, 1.807) is 17.9 Å². The molecule has 0 aliphatic rings. The van der Waals surface area contributed by atoms with Gasteiger partial charge < -0.3 is 0 Å². The van der Waals surface area contributed by atoms with E-state index >= 15 is 0 Å². The third-order valence-corrected chi connectivity index (χ3v) is 5.35. The molecule has 0 amide bonds. The normalized spacial score (nSPS) is 11.2. The van der Waals surface area contributed by atoms with Gasteiger partial charge in [-0.3, -0.25) is 13.9 Å². The summed E-state index contributed by atoms with van der Waals surface area (Å²) in [5, 5.41) is 6.00. The van der Waals surface area contributed by atoms with Gasteiger partial charge in [-0.15, -0.1) is 0 Å². The monoisotopic (exact) mass is 380 g/mol. The molecule has 0 spiro atoms. The molecule has 3 heterocycles. The molecule has 0 aliphatic carbocycles. The predicted octanol–water partition coefficient (Wildman–Crippen LogP) is 1.51. The Kier molecular flexibility index (Phi) is 4.36. The maximum absolute atomic E-state index is 12.1. The average molecular weight is 380 g/mol. The van der Waals surface area contributed by atoms with E-state index in [1.807, 2.05) is 30.3 Å². The van der Waals surface area contributed by atoms with Crippen LogP contribution in [0.1, 0.15) is 5.69 Å². The Hall–Kier alpha value is -3.20. The van der Waals surface area contributed by atoms with Gasteiger partial charge in [-0.1, -0.05) is 30.0 Å². The van der Waals surface area contributed by atoms with Crippen LogP contribution in [-0.4, -0.2) is 28.9 Å². The predicted molar refractivity (Wildman–Crippen MR) is 103 cm³/mol. The second-order valence-electron chi connectivity index (χ2n) is 5.97. The van der Waals surface area contributed by atoms with Crippen LogP contribution in [0.4, 0.5) is 0 Å². The smallest absolute Gasteiger partial charge is 0.300 e. The quantitative estimate of drug-likeness (QED) is 0.394. The minimum absolute atomic E-state index is 0.321. The van der Waals surface area contributed by atoms with Crippen LogP contribution >= 0.6 is 11.8 Å². The van der Waals surface area contributed by atoms with E-state index in [1.165, 1.54) is 35.8 Å². The topological polar surface area (TPSA) is 87.6 Å². The van der Waals surface area contributed by atoms with Gasteiger partial charge in [-0.25, -0.2) is 19.4 Å². The van der Waals surface area contributed by atoms with Crippen molar-refractivity contribution in [3.8, 4) is 5.69 Å². The number of aromatic nitrogens is 6. The maximum Gasteiger partial charge on any atom is 0.330 e. The van der Waals surface area contributed by atoms with Crippen LogP contribution in [0.5, 0.6) is 0 Å². The van der Waals surface area contributed by atoms with Crippen molar-refractivity contribution in [3.05, 3.63) is 75.5 Å². The van der Waals surface area contributed by atoms with Gasteiger partial charge in [0.05, 0.1) is 17.3 Å². The first-order valence-electron chi connectivity index (χ1n) is 8.19. The van der Waals surface area contributed by atoms with Crippen LogP contribution in [0.25, 0.3) is 16.7 Å². The summed E-state index contributed by atoms with van der Waals surface area (Å²) >= 11 is 1.44. The first kappa shape index (κ1) is 17.2. The zero-order valence-electron chi connectivity index (χ0n) is 14.7. The highest BCUT2D eigenvalue weighted by atomic mass is 32.2. The molecule has 136 valence electrons. The summed E-state index contributed by atoms with van der Waals surface area (Å²) in [5.74, 6) is 0.435. The molecule has 4 aromatic rings. The summed E-state index contributed by atoms with van der Waals surface area (Å²) in [7, 11) is 3.12. The third kappa shape index (κ3) is 3.06. The molecule has 8 nitrogen and oxygen atoms in total. The van der Waals surface area contributed by atoms with Gasteiger partial charge in [0, 0.05) is 31.6 Å². The fourth-order valence-electron chi connectivity index (χ4n) is 2.75. The molecule has 0 fully saturated rings. The molecule has 0 saturated heterocycles. The van der Waals surface area contributed by atoms with Gasteiger partial charge in [0.2, 0.25) is 0 Å². The highest BCUT2D eigenvalue weighted by Gasteiger charge is 2.13. The lowest BCUT2D eigenvalue weighted by atomic mass is 10.3. The number of para-hydroxylation sites is 1. The van der Waals surface area contributed by atoms with Crippen LogP contribution in [0, 0.1) is 0 Å². The number of nitrogens with zero attached hydrogens (tertiary/aromatic N) is 6. The molecular weight excluding hydrogens is 364 g/mol. The molecule has 3 aromatic heterocycles. The van der Waals surface area contributed by atoms with Gasteiger partial charge in [0.15, 0.2) is 5.65 Å². The SMILES string of the molecule is Cn1c(CSc2ncnc3c2cnn3-c2ccccc2)cc(=O)n(C)c1=O. The van der Waals surface area contributed by atoms with Gasteiger partial charge in [0.25, 0.3) is 5.56 Å². The molecule has 4 rings (SSSR count). The summed E-state index contributed by atoms with van der Waals surface area (Å²) < 4.78 is 4.32. The van der Waals surface area contributed by atoms with Crippen LogP contribution in [0.2, 0.25) is 0 Å². The lowest BCUT2D eigenvalue weighted by Crippen LogP contribution is -2.37. The molecule has 9 heteroatoms. The first-order valence-corrected chi connectivity index (χ1v) is 9.17. The molecule has 0 atom stereocenters. The van der Waals surface area contributed by atoms with Gasteiger partial charge in [-0.2, -0.15) is 5.10 Å². The van der Waals surface area contributed by atoms with Crippen molar-refractivity contribution in [2.75, 3.05) is 0 Å². The summed E-state index contributed by atoms with van der Waals surface area (Å²) in [5.41, 5.74) is 1.59. The van der Waals surface area contributed by atoms with Crippen LogP contribution < -0.4 is 11.2 Å². The fraction of sp³-hybridized carbons (Fsp3) is 0.167. The van der Waals surface area contributed by atoms with E-state index < -0.39 is 0 Å². The molecule has 0 radical (unpaired) electrons. The Morgan fingerprint density at radius 1 is 1.04 bits per heavy atom. The number of benzene rings is 1. The van der Waals surface area contributed by atoms with E-state index in [2.05, 4.69) is 15.1 Å². The first-order chi connectivity index (χ1) is 13.1. The Labute approximate surface area is 158 Å². The molecule has 0 N–H and O–H groups in total. The molecule has 27 heavy (non-hydrogen) atoms. The van der Waals surface area contributed by atoms with Crippen molar-refractivity contribution >= 4 is 22.8 Å². The van der Waals surface area contributed by atoms with Gasteiger partial charge in [-0.05, 0) is 12.1 Å². The summed E-state index contributed by atoms with van der Waals surface area (Å²) in [6.45, 7) is 0. The zero-order valence-corrected chi connectivity index (χ0v) is 15.6. The van der Waals surface area contributed by atoms with Crippen molar-refractivity contribution in [1.82, 2.24) is 28.9 Å². The zero-order chi connectivity index (χ0) is 19.0. The minimum atomic E-state index is -0.345. The van der Waals surface area contributed by atoms with E-state index in [4.69, 9.17) is 0 Å². The van der Waals surface area contributed by atoms with Crippen LogP contribution in [-0.2, 0) is 19.8 Å². The fourth-order valence-corrected chi connectivity index (χ4v) is 3.74. The van der Waals surface area contributed by atoms with Crippen LogP contribution in [0.15, 0.2) is 63.5 Å². The standard InChI is InChI=1S/C18H16N6O2S/c1-22-13(8-15(25)23(2)18(22)26)10-27-17-14-9-21-24(16(14)19-11-20-17)12-6-4-3-5-7-12/h3-9,11H,10H2,1-2H3. The Morgan fingerprint density at radius 3 is 2.59 bits per heavy atom. The Bertz CT molecular complexity index is 1240. The lowest BCUT2D eigenvalue weighted by molar-refractivity contribution is 0.665. The minimum Gasteiger partial charge on any atom is -0.300 e. The molecular formula is C18H16N6O2S. The van der Waals surface area contributed by atoms with Crippen molar-refractivity contribution in [3.63, 3.8) is 0 Å². The van der Waals surface area contributed by atoms with E-state index in [9.17, 15) is 9.59 Å². The maximum atomic E-state index is 12.1. The van der Waals surface area contributed by atoms with Crippen molar-refractivity contribution < 1.29 is 0 Å². The number of rotatable bonds is 4. The van der Waals surface area contributed by atoms with Crippen molar-refractivity contribution in [2.45, 2.75) is 10.8 Å². The number of hydrogen-bond acceptors (Lipinski definition) is 6. The number of fused-ring (bicyclic) bond motifs is 1. The van der Waals surface area contributed by atoms with Gasteiger partial charge >= 0.3 is 5.69 Å². The average Bonchev–Trinajstić information content (AvgIpc) is 3.13. The summed E-state index contributed by atoms with van der Waals surface area (Å²) in [6, 6.07) is 11.2. The summed E-state index contributed by atoms with van der Waals surface area (Å²) in [6.07, 6.45) is 3.22. The Balaban J connectivity index is 1.69. The van der Waals surface area contributed by atoms with Gasteiger partial charge in [0.1, 0.15) is 11.4 Å². The second kappa shape index (κ2) is 6.84. The third-order valence-electron chi connectivity index (χ3n) is 4.31. The van der Waals surface area contributed by atoms with Crippen molar-refractivity contribution in [1.29, 1.82) is 0 Å². The summed E-state index contributed by atoms with van der Waals surface area (Å²) in [4.78, 5) is 32.7. The highest BCUT2D eigenvalue weighted by Crippen LogP contribution is 2.27. The highest BCUT2D eigenvalue weighted by molar-refractivity contribution is 7.98. The molecule has 0 bridgehead atoms. The number of thioether (sulfide) groups is 1. The van der Waals surface area contributed by atoms with E-state index in [-0.39, 0.29) is 11.2 Å². The van der Waals surface area contributed by atoms with Crippen molar-refractivity contribution in [2.24, 2.45) is 14.1 Å². The lowest BCUT2D eigenvalue weighted by Gasteiger charge is -2.09. The molecule has 0 aliphatic heterocycles. The second-order valence-corrected chi connectivity index (χ2v) is 6.94. The van der Waals surface area contributed by atoms with E-state index in [0.29, 0.717) is 17.1 Å². The largest absolute Gasteiger partial charge is 0.330 e. The van der Waals surface area contributed by atoms with E-state index in [0.717, 1.165) is 20.7 Å².